The lowest BCUT2D eigenvalue weighted by Crippen LogP contribution is -2.37. The van der Waals surface area contributed by atoms with E-state index in [1.165, 1.54) is 25.5 Å². The van der Waals surface area contributed by atoms with Crippen molar-refractivity contribution in [2.45, 2.75) is 31.7 Å². The summed E-state index contributed by atoms with van der Waals surface area (Å²) < 4.78 is 18.6. The molecule has 0 aliphatic carbocycles. The van der Waals surface area contributed by atoms with Gasteiger partial charge in [0.05, 0.1) is 6.61 Å². The van der Waals surface area contributed by atoms with Crippen molar-refractivity contribution in [3.05, 3.63) is 24.3 Å². The average molecular weight is 238 g/mol. The monoisotopic (exact) mass is 238 g/mol. The first kappa shape index (κ1) is 12.3. The molecule has 1 saturated heterocycles. The lowest BCUT2D eigenvalue weighted by atomic mass is 10.0. The van der Waals surface area contributed by atoms with Gasteiger partial charge in [-0.2, -0.15) is 4.39 Å². The summed E-state index contributed by atoms with van der Waals surface area (Å²) in [6.07, 6.45) is 6.17. The number of piperidine rings is 1. The van der Waals surface area contributed by atoms with Crippen molar-refractivity contribution in [2.24, 2.45) is 0 Å². The fourth-order valence-corrected chi connectivity index (χ4v) is 2.29. The molecular formula is C13H19FN2O. The van der Waals surface area contributed by atoms with Gasteiger partial charge in [0, 0.05) is 12.2 Å². The summed E-state index contributed by atoms with van der Waals surface area (Å²) in [6, 6.07) is 3.88. The lowest BCUT2D eigenvalue weighted by molar-refractivity contribution is 0.151. The molecule has 4 heteroatoms. The molecular weight excluding hydrogens is 219 g/mol. The summed E-state index contributed by atoms with van der Waals surface area (Å²) in [5.41, 5.74) is 0. The quantitative estimate of drug-likeness (QED) is 0.753. The number of rotatable bonds is 4. The molecule has 1 aliphatic heterocycles. The Morgan fingerprint density at radius 3 is 3.18 bits per heavy atom. The molecule has 3 nitrogen and oxygen atoms in total. The van der Waals surface area contributed by atoms with Crippen LogP contribution < -0.4 is 4.74 Å². The van der Waals surface area contributed by atoms with E-state index >= 15 is 0 Å². The minimum atomic E-state index is -0.524. The third-order valence-electron chi connectivity index (χ3n) is 3.36. The number of hydrogen-bond acceptors (Lipinski definition) is 3. The van der Waals surface area contributed by atoms with Crippen molar-refractivity contribution in [1.82, 2.24) is 9.88 Å². The van der Waals surface area contributed by atoms with E-state index in [1.54, 1.807) is 12.1 Å². The maximum Gasteiger partial charge on any atom is 0.255 e. The molecule has 0 N–H and O–H groups in total. The molecule has 94 valence electrons. The van der Waals surface area contributed by atoms with Gasteiger partial charge in [-0.05, 0) is 45.0 Å². The molecule has 0 bridgehead atoms. The first-order chi connectivity index (χ1) is 8.27. The largest absolute Gasteiger partial charge is 0.489 e. The zero-order valence-corrected chi connectivity index (χ0v) is 10.2. The summed E-state index contributed by atoms with van der Waals surface area (Å²) in [5.74, 6) is -0.268. The second kappa shape index (κ2) is 5.96. The smallest absolute Gasteiger partial charge is 0.255 e. The summed E-state index contributed by atoms with van der Waals surface area (Å²) in [6.45, 7) is 1.71. The molecule has 0 amide bonds. The number of halogens is 1. The molecule has 1 unspecified atom stereocenters. The Labute approximate surface area is 102 Å². The van der Waals surface area contributed by atoms with Crippen LogP contribution in [0.1, 0.15) is 25.7 Å². The maximum atomic E-state index is 13.2. The predicted molar refractivity (Wildman–Crippen MR) is 64.6 cm³/mol. The normalized spacial score (nSPS) is 21.4. The summed E-state index contributed by atoms with van der Waals surface area (Å²) >= 11 is 0. The van der Waals surface area contributed by atoms with Crippen molar-refractivity contribution < 1.29 is 9.13 Å². The van der Waals surface area contributed by atoms with Crippen LogP contribution in [0.2, 0.25) is 0 Å². The molecule has 1 aliphatic rings. The van der Waals surface area contributed by atoms with E-state index < -0.39 is 5.95 Å². The third kappa shape index (κ3) is 3.40. The van der Waals surface area contributed by atoms with Crippen LogP contribution in [0.25, 0.3) is 0 Å². The maximum absolute atomic E-state index is 13.2. The van der Waals surface area contributed by atoms with Crippen LogP contribution in [0.4, 0.5) is 4.39 Å². The fraction of sp³-hybridized carbons (Fsp3) is 0.615. The number of aromatic nitrogens is 1. The average Bonchev–Trinajstić information content (AvgIpc) is 2.34. The Kier molecular flexibility index (Phi) is 4.31. The Balaban J connectivity index is 1.77. The van der Waals surface area contributed by atoms with Gasteiger partial charge in [0.15, 0.2) is 5.75 Å². The molecule has 2 rings (SSSR count). The van der Waals surface area contributed by atoms with Gasteiger partial charge in [0.1, 0.15) is 0 Å². The van der Waals surface area contributed by atoms with Crippen molar-refractivity contribution >= 4 is 0 Å². The first-order valence-electron chi connectivity index (χ1n) is 6.21. The Hall–Kier alpha value is -1.16. The number of pyridine rings is 1. The van der Waals surface area contributed by atoms with Crippen LogP contribution in [-0.2, 0) is 0 Å². The van der Waals surface area contributed by atoms with E-state index in [9.17, 15) is 4.39 Å². The SMILES string of the molecule is CN1CCCCC1CCOc1cccnc1F. The Bertz CT molecular complexity index is 359. The number of likely N-dealkylation sites (tertiary alicyclic amines) is 1. The standard InChI is InChI=1S/C13H19FN2O/c1-16-9-3-2-5-11(16)7-10-17-12-6-4-8-15-13(12)14/h4,6,8,11H,2-3,5,7,9-10H2,1H3. The number of ether oxygens (including phenoxy) is 1. The van der Waals surface area contributed by atoms with Crippen LogP contribution in [-0.4, -0.2) is 36.1 Å². The van der Waals surface area contributed by atoms with Gasteiger partial charge in [-0.25, -0.2) is 4.98 Å². The van der Waals surface area contributed by atoms with Gasteiger partial charge < -0.3 is 9.64 Å². The summed E-state index contributed by atoms with van der Waals surface area (Å²) in [4.78, 5) is 5.92. The number of nitrogens with zero attached hydrogens (tertiary/aromatic N) is 2. The predicted octanol–water partition coefficient (Wildman–Crippen LogP) is 2.47. The fourth-order valence-electron chi connectivity index (χ4n) is 2.29. The Morgan fingerprint density at radius 1 is 1.53 bits per heavy atom. The minimum Gasteiger partial charge on any atom is -0.489 e. The Morgan fingerprint density at radius 2 is 2.41 bits per heavy atom. The minimum absolute atomic E-state index is 0.256. The van der Waals surface area contributed by atoms with Crippen molar-refractivity contribution in [1.29, 1.82) is 0 Å². The van der Waals surface area contributed by atoms with Crippen LogP contribution in [0, 0.1) is 5.95 Å². The molecule has 0 aromatic carbocycles. The van der Waals surface area contributed by atoms with E-state index in [1.807, 2.05) is 0 Å². The molecule has 1 aromatic rings. The zero-order chi connectivity index (χ0) is 12.1. The van der Waals surface area contributed by atoms with Crippen molar-refractivity contribution in [3.8, 4) is 5.75 Å². The van der Waals surface area contributed by atoms with E-state index in [4.69, 9.17) is 4.74 Å². The molecule has 0 spiro atoms. The molecule has 0 radical (unpaired) electrons. The summed E-state index contributed by atoms with van der Waals surface area (Å²) in [7, 11) is 2.15. The van der Waals surface area contributed by atoms with Gasteiger partial charge in [-0.3, -0.25) is 0 Å². The van der Waals surface area contributed by atoms with E-state index in [2.05, 4.69) is 16.9 Å². The molecule has 0 saturated carbocycles. The summed E-state index contributed by atoms with van der Waals surface area (Å²) in [5, 5.41) is 0. The van der Waals surface area contributed by atoms with E-state index in [-0.39, 0.29) is 5.75 Å². The van der Waals surface area contributed by atoms with E-state index in [0.29, 0.717) is 12.6 Å². The first-order valence-corrected chi connectivity index (χ1v) is 6.21. The van der Waals surface area contributed by atoms with Gasteiger partial charge in [0.25, 0.3) is 5.95 Å². The van der Waals surface area contributed by atoms with Crippen LogP contribution in [0.5, 0.6) is 5.75 Å². The second-order valence-electron chi connectivity index (χ2n) is 4.56. The van der Waals surface area contributed by atoms with Gasteiger partial charge in [-0.15, -0.1) is 0 Å². The van der Waals surface area contributed by atoms with Crippen LogP contribution in [0.15, 0.2) is 18.3 Å². The van der Waals surface area contributed by atoms with Gasteiger partial charge in [0.2, 0.25) is 0 Å². The highest BCUT2D eigenvalue weighted by atomic mass is 19.1. The van der Waals surface area contributed by atoms with Crippen molar-refractivity contribution in [2.75, 3.05) is 20.2 Å². The highest BCUT2D eigenvalue weighted by molar-refractivity contribution is 5.17. The molecule has 2 heterocycles. The molecule has 1 aromatic heterocycles. The van der Waals surface area contributed by atoms with Crippen LogP contribution in [0.3, 0.4) is 0 Å². The van der Waals surface area contributed by atoms with Gasteiger partial charge >= 0.3 is 0 Å². The molecule has 1 fully saturated rings. The topological polar surface area (TPSA) is 25.4 Å². The number of hydrogen-bond donors (Lipinski definition) is 0. The highest BCUT2D eigenvalue weighted by Crippen LogP contribution is 2.19. The lowest BCUT2D eigenvalue weighted by Gasteiger charge is -2.32. The second-order valence-corrected chi connectivity index (χ2v) is 4.56. The van der Waals surface area contributed by atoms with Crippen LogP contribution >= 0.6 is 0 Å². The van der Waals surface area contributed by atoms with Gasteiger partial charge in [-0.1, -0.05) is 6.42 Å². The zero-order valence-electron chi connectivity index (χ0n) is 10.2. The molecule has 17 heavy (non-hydrogen) atoms. The van der Waals surface area contributed by atoms with Crippen molar-refractivity contribution in [3.63, 3.8) is 0 Å². The third-order valence-corrected chi connectivity index (χ3v) is 3.36. The highest BCUT2D eigenvalue weighted by Gasteiger charge is 2.18. The molecule has 1 atom stereocenters. The van der Waals surface area contributed by atoms with E-state index in [0.717, 1.165) is 13.0 Å².